The van der Waals surface area contributed by atoms with E-state index in [0.717, 1.165) is 15.4 Å². The first kappa shape index (κ1) is 8.87. The maximum atomic E-state index is 5.03. The summed E-state index contributed by atoms with van der Waals surface area (Å²) in [5.74, 6) is 0.766. The van der Waals surface area contributed by atoms with Crippen LogP contribution in [0.25, 0.3) is 0 Å². The second kappa shape index (κ2) is 3.97. The molecule has 0 radical (unpaired) electrons. The number of methoxy groups -OCH3 is 1. The first-order valence-corrected chi connectivity index (χ1v) is 5.04. The van der Waals surface area contributed by atoms with E-state index in [1.165, 1.54) is 0 Å². The summed E-state index contributed by atoms with van der Waals surface area (Å²) < 4.78 is 5.78. The van der Waals surface area contributed by atoms with Crippen molar-refractivity contribution in [2.24, 2.45) is 0 Å². The van der Waals surface area contributed by atoms with Gasteiger partial charge < -0.3 is 4.74 Å². The number of hydrogen-bond acceptors (Lipinski definition) is 3. The molecule has 0 atom stereocenters. The zero-order valence-electron chi connectivity index (χ0n) is 6.30. The molecule has 1 heterocycles. The highest BCUT2D eigenvalue weighted by Crippen LogP contribution is 2.24. The molecule has 0 saturated carbocycles. The fraction of sp³-hybridized carbons (Fsp3) is 0.286. The van der Waals surface area contributed by atoms with Crippen LogP contribution in [-0.2, 0) is 0 Å². The summed E-state index contributed by atoms with van der Waals surface area (Å²) in [6.45, 7) is 0. The van der Waals surface area contributed by atoms with Crippen LogP contribution in [0, 0.1) is 0 Å². The number of rotatable bonds is 2. The predicted molar refractivity (Wildman–Crippen MR) is 50.3 cm³/mol. The summed E-state index contributed by atoms with van der Waals surface area (Å²) in [6, 6.07) is 3.82. The van der Waals surface area contributed by atoms with Crippen LogP contribution in [0.1, 0.15) is 0 Å². The quantitative estimate of drug-likeness (QED) is 0.580. The summed E-state index contributed by atoms with van der Waals surface area (Å²) >= 11 is 4.90. The van der Waals surface area contributed by atoms with E-state index >= 15 is 0 Å². The van der Waals surface area contributed by atoms with Crippen LogP contribution in [0.2, 0.25) is 0 Å². The molecular weight excluding hydrogens is 226 g/mol. The van der Waals surface area contributed by atoms with Crippen molar-refractivity contribution in [3.8, 4) is 5.75 Å². The number of aromatic nitrogens is 1. The van der Waals surface area contributed by atoms with Gasteiger partial charge in [-0.15, -0.1) is 11.8 Å². The average molecular weight is 234 g/mol. The Bertz CT molecular complexity index is 254. The Hall–Kier alpha value is -0.220. The minimum atomic E-state index is 0.756. The zero-order chi connectivity index (χ0) is 8.27. The van der Waals surface area contributed by atoms with E-state index in [9.17, 15) is 0 Å². The fourth-order valence-corrected chi connectivity index (χ4v) is 1.66. The number of thioether (sulfide) groups is 1. The molecule has 2 nitrogen and oxygen atoms in total. The van der Waals surface area contributed by atoms with Gasteiger partial charge in [-0.1, -0.05) is 0 Å². The maximum absolute atomic E-state index is 5.03. The highest BCUT2D eigenvalue weighted by atomic mass is 79.9. The smallest absolute Gasteiger partial charge is 0.151 e. The molecule has 0 N–H and O–H groups in total. The summed E-state index contributed by atoms with van der Waals surface area (Å²) in [7, 11) is 1.63. The summed E-state index contributed by atoms with van der Waals surface area (Å²) in [5.41, 5.74) is 0. The van der Waals surface area contributed by atoms with Crippen LogP contribution >= 0.6 is 27.7 Å². The molecular formula is C7H8BrNOS. The summed E-state index contributed by atoms with van der Waals surface area (Å²) in [4.78, 5) is 4.22. The van der Waals surface area contributed by atoms with Crippen LogP contribution in [0.3, 0.4) is 0 Å². The number of nitrogens with zero attached hydrogens (tertiary/aromatic N) is 1. The molecule has 11 heavy (non-hydrogen) atoms. The van der Waals surface area contributed by atoms with Crippen LogP contribution in [-0.4, -0.2) is 18.3 Å². The molecule has 0 bridgehead atoms. The van der Waals surface area contributed by atoms with Gasteiger partial charge in [0.1, 0.15) is 4.60 Å². The van der Waals surface area contributed by atoms with Gasteiger partial charge in [0.15, 0.2) is 5.75 Å². The molecule has 1 aromatic rings. The Balaban J connectivity index is 2.99. The van der Waals surface area contributed by atoms with Gasteiger partial charge in [-0.3, -0.25) is 0 Å². The fourth-order valence-electron chi connectivity index (χ4n) is 0.671. The molecule has 0 aliphatic heterocycles. The molecule has 0 aromatic carbocycles. The Labute approximate surface area is 78.5 Å². The van der Waals surface area contributed by atoms with E-state index in [2.05, 4.69) is 20.9 Å². The average Bonchev–Trinajstić information content (AvgIpc) is 2.04. The summed E-state index contributed by atoms with van der Waals surface area (Å²) in [6.07, 6.45) is 1.99. The van der Waals surface area contributed by atoms with E-state index in [0.29, 0.717) is 0 Å². The van der Waals surface area contributed by atoms with Gasteiger partial charge in [-0.05, 0) is 34.3 Å². The lowest BCUT2D eigenvalue weighted by Crippen LogP contribution is -1.87. The van der Waals surface area contributed by atoms with Crippen LogP contribution < -0.4 is 4.74 Å². The largest absolute Gasteiger partial charge is 0.494 e. The van der Waals surface area contributed by atoms with E-state index < -0.39 is 0 Å². The molecule has 0 aliphatic rings. The lowest BCUT2D eigenvalue weighted by molar-refractivity contribution is 0.409. The van der Waals surface area contributed by atoms with Gasteiger partial charge >= 0.3 is 0 Å². The normalized spacial score (nSPS) is 9.73. The van der Waals surface area contributed by atoms with Crippen molar-refractivity contribution in [2.75, 3.05) is 13.4 Å². The third kappa shape index (κ3) is 2.10. The predicted octanol–water partition coefficient (Wildman–Crippen LogP) is 2.57. The van der Waals surface area contributed by atoms with Gasteiger partial charge in [0.05, 0.1) is 12.1 Å². The molecule has 0 unspecified atom stereocenters. The summed E-state index contributed by atoms with van der Waals surface area (Å²) in [5, 5.41) is 0.984. The first-order chi connectivity index (χ1) is 5.27. The van der Waals surface area contributed by atoms with E-state index in [1.54, 1.807) is 18.9 Å². The number of hydrogen-bond donors (Lipinski definition) is 0. The lowest BCUT2D eigenvalue weighted by atomic mass is 10.5. The van der Waals surface area contributed by atoms with Crippen molar-refractivity contribution in [3.63, 3.8) is 0 Å². The van der Waals surface area contributed by atoms with Gasteiger partial charge in [0, 0.05) is 0 Å². The molecule has 0 spiro atoms. The van der Waals surface area contributed by atoms with E-state index in [-0.39, 0.29) is 0 Å². The molecule has 0 aliphatic carbocycles. The molecule has 0 amide bonds. The molecule has 4 heteroatoms. The monoisotopic (exact) mass is 233 g/mol. The Morgan fingerprint density at radius 1 is 1.55 bits per heavy atom. The Morgan fingerprint density at radius 3 is 2.73 bits per heavy atom. The number of pyridine rings is 1. The minimum Gasteiger partial charge on any atom is -0.494 e. The Morgan fingerprint density at radius 2 is 2.27 bits per heavy atom. The highest BCUT2D eigenvalue weighted by molar-refractivity contribution is 9.10. The van der Waals surface area contributed by atoms with Crippen LogP contribution in [0.15, 0.2) is 21.8 Å². The molecule has 0 saturated heterocycles. The minimum absolute atomic E-state index is 0.756. The van der Waals surface area contributed by atoms with Gasteiger partial charge in [0.2, 0.25) is 0 Å². The van der Waals surface area contributed by atoms with Gasteiger partial charge in [0.25, 0.3) is 0 Å². The SMILES string of the molecule is COc1ccc(SC)nc1Br. The number of ether oxygens (including phenoxy) is 1. The van der Waals surface area contributed by atoms with Crippen molar-refractivity contribution >= 4 is 27.7 Å². The molecule has 0 fully saturated rings. The Kier molecular flexibility index (Phi) is 3.20. The lowest BCUT2D eigenvalue weighted by Gasteiger charge is -2.02. The highest BCUT2D eigenvalue weighted by Gasteiger charge is 2.00. The van der Waals surface area contributed by atoms with Crippen molar-refractivity contribution in [3.05, 3.63) is 16.7 Å². The van der Waals surface area contributed by atoms with Crippen molar-refractivity contribution in [2.45, 2.75) is 5.03 Å². The van der Waals surface area contributed by atoms with Crippen molar-refractivity contribution < 1.29 is 4.74 Å². The van der Waals surface area contributed by atoms with Crippen LogP contribution in [0.5, 0.6) is 5.75 Å². The van der Waals surface area contributed by atoms with E-state index in [4.69, 9.17) is 4.74 Å². The topological polar surface area (TPSA) is 22.1 Å². The second-order valence-electron chi connectivity index (χ2n) is 1.85. The second-order valence-corrected chi connectivity index (χ2v) is 3.42. The van der Waals surface area contributed by atoms with Gasteiger partial charge in [-0.2, -0.15) is 0 Å². The van der Waals surface area contributed by atoms with Crippen molar-refractivity contribution in [1.82, 2.24) is 4.98 Å². The molecule has 60 valence electrons. The van der Waals surface area contributed by atoms with E-state index in [1.807, 2.05) is 18.4 Å². The third-order valence-electron chi connectivity index (χ3n) is 1.22. The molecule has 1 aromatic heterocycles. The zero-order valence-corrected chi connectivity index (χ0v) is 8.70. The third-order valence-corrected chi connectivity index (χ3v) is 2.43. The first-order valence-electron chi connectivity index (χ1n) is 3.02. The van der Waals surface area contributed by atoms with Gasteiger partial charge in [-0.25, -0.2) is 4.98 Å². The van der Waals surface area contributed by atoms with Crippen molar-refractivity contribution in [1.29, 1.82) is 0 Å². The maximum Gasteiger partial charge on any atom is 0.151 e. The number of halogens is 1. The van der Waals surface area contributed by atoms with Crippen LogP contribution in [0.4, 0.5) is 0 Å². The standard InChI is InChI=1S/C7H8BrNOS/c1-10-5-3-4-6(11-2)9-7(5)8/h3-4H,1-2H3. The molecule has 1 rings (SSSR count).